The molecule has 0 radical (unpaired) electrons. The first-order chi connectivity index (χ1) is 4.66. The van der Waals surface area contributed by atoms with E-state index in [2.05, 4.69) is 42.4 Å². The van der Waals surface area contributed by atoms with Crippen LogP contribution in [-0.2, 0) is 0 Å². The molecule has 0 aliphatic heterocycles. The van der Waals surface area contributed by atoms with E-state index in [4.69, 9.17) is 0 Å². The molecule has 0 nitrogen and oxygen atoms in total. The van der Waals surface area contributed by atoms with Crippen LogP contribution in [0.3, 0.4) is 0 Å². The van der Waals surface area contributed by atoms with Crippen molar-refractivity contribution >= 4 is 35.4 Å². The van der Waals surface area contributed by atoms with Crippen LogP contribution in [0.4, 0.5) is 0 Å². The molecule has 0 saturated heterocycles. The topological polar surface area (TPSA) is 0 Å². The molecule has 2 heteroatoms. The average molecular weight is 124 g/mol. The van der Waals surface area contributed by atoms with E-state index in [0.29, 0.717) is 4.09 Å². The van der Waals surface area contributed by atoms with Crippen molar-refractivity contribution in [3.05, 3.63) is 0 Å². The molecule has 1 rings (SSSR count). The Bertz CT molecular complexity index is 104. The number of hydrogen-bond donors (Lipinski definition) is 0. The maximum absolute atomic E-state index is 2.44. The van der Waals surface area contributed by atoms with E-state index < -0.39 is 0 Å². The summed E-state index contributed by atoms with van der Waals surface area (Å²) in [6, 6.07) is 0. The van der Waals surface area contributed by atoms with E-state index in [-0.39, 0.29) is 0 Å². The predicted molar refractivity (Wildman–Crippen MR) is 46.7 cm³/mol. The fraction of sp³-hybridized carbons (Fsp3) is 1.00. The van der Waals surface area contributed by atoms with Gasteiger partial charge < -0.3 is 0 Å². The summed E-state index contributed by atoms with van der Waals surface area (Å²) in [5.74, 6) is 0. The van der Waals surface area contributed by atoms with Gasteiger partial charge in [-0.15, -0.1) is 0 Å². The molecule has 10 heavy (non-hydrogen) atoms. The first kappa shape index (κ1) is 9.28. The van der Waals surface area contributed by atoms with Gasteiger partial charge in [0.1, 0.15) is 0 Å². The van der Waals surface area contributed by atoms with E-state index in [1.807, 2.05) is 0 Å². The van der Waals surface area contributed by atoms with Crippen molar-refractivity contribution < 1.29 is 0 Å². The van der Waals surface area contributed by atoms with Gasteiger partial charge in [-0.25, -0.2) is 0 Å². The molecule has 0 aromatic rings. The quantitative estimate of drug-likeness (QED) is 0.470. The summed E-state index contributed by atoms with van der Waals surface area (Å²) in [5, 5.41) is 0. The second kappa shape index (κ2) is 3.73. The molecule has 0 bridgehead atoms. The molecule has 0 amide bonds. The van der Waals surface area contributed by atoms with Crippen molar-refractivity contribution in [2.24, 2.45) is 0 Å². The van der Waals surface area contributed by atoms with Crippen LogP contribution in [0.5, 0.6) is 0 Å². The molecule has 1 saturated carbocycles. The van der Waals surface area contributed by atoms with Crippen molar-refractivity contribution in [1.29, 1.82) is 0 Å². The summed E-state index contributed by atoms with van der Waals surface area (Å²) in [4.78, 5) is 0. The molecule has 0 unspecified atom stereocenters. The van der Waals surface area contributed by atoms with Gasteiger partial charge in [0.2, 0.25) is 0 Å². The third-order valence-electron chi connectivity index (χ3n) is 3.33. The zero-order valence-electron chi connectivity index (χ0n) is 7.61. The second-order valence-corrected chi connectivity index (χ2v) is 4.35. The Morgan fingerprint density at radius 3 is 2.30 bits per heavy atom. The van der Waals surface area contributed by atoms with Gasteiger partial charge in [-0.2, -0.15) is 0 Å². The van der Waals surface area contributed by atoms with Crippen LogP contribution in [-0.4, -0.2) is 35.4 Å². The molecule has 0 N–H and O–H groups in total. The van der Waals surface area contributed by atoms with E-state index in [9.17, 15) is 0 Å². The van der Waals surface area contributed by atoms with Crippen LogP contribution < -0.4 is 0 Å². The fourth-order valence-electron chi connectivity index (χ4n) is 1.81. The number of hydrogen-bond acceptors (Lipinski definition) is 0. The zero-order valence-corrected chi connectivity index (χ0v) is 7.61. The molecular weight excluding hydrogens is 110 g/mol. The summed E-state index contributed by atoms with van der Waals surface area (Å²) < 4.78 is 1.70. The maximum atomic E-state index is 2.44. The molecule has 0 heterocycles. The summed E-state index contributed by atoms with van der Waals surface area (Å²) in [5.41, 5.74) is 0. The van der Waals surface area contributed by atoms with E-state index in [1.54, 1.807) is 0 Å². The van der Waals surface area contributed by atoms with Crippen LogP contribution in [0.25, 0.3) is 0 Å². The summed E-state index contributed by atoms with van der Waals surface area (Å²) in [7, 11) is 0. The SMILES string of the molecule is [Li][CH]1CC[C]([Li])(CC)CC1. The third kappa shape index (κ3) is 2.35. The van der Waals surface area contributed by atoms with Gasteiger partial charge in [0.25, 0.3) is 0 Å². The van der Waals surface area contributed by atoms with E-state index in [0.717, 1.165) is 4.59 Å². The Hall–Kier alpha value is 1.19. The predicted octanol–water partition coefficient (Wildman–Crippen LogP) is 2.25. The van der Waals surface area contributed by atoms with E-state index in [1.165, 1.54) is 32.1 Å². The third-order valence-corrected chi connectivity index (χ3v) is 3.33. The van der Waals surface area contributed by atoms with Gasteiger partial charge in [0, 0.05) is 0 Å². The second-order valence-electron chi connectivity index (χ2n) is 4.35. The molecule has 0 atom stereocenters. The average Bonchev–Trinajstić information content (AvgIpc) is 1.96. The molecule has 0 aromatic carbocycles. The molecule has 48 valence electrons. The molecule has 1 fully saturated rings. The van der Waals surface area contributed by atoms with Crippen molar-refractivity contribution in [3.8, 4) is 0 Å². The van der Waals surface area contributed by atoms with Crippen LogP contribution in [0.1, 0.15) is 39.0 Å². The van der Waals surface area contributed by atoms with Crippen molar-refractivity contribution in [3.63, 3.8) is 0 Å². The molecule has 0 aromatic heterocycles. The van der Waals surface area contributed by atoms with Crippen molar-refractivity contribution in [2.75, 3.05) is 0 Å². The molecule has 0 spiro atoms. The Morgan fingerprint density at radius 2 is 1.90 bits per heavy atom. The normalized spacial score (nSPS) is 41.9. The standard InChI is InChI=1S/C8H14.2Li/c1-2-8-6-4-3-5-7-8;;/h3H,2,4-7H2,1H3;;. The minimum atomic E-state index is 0.701. The first-order valence-electron chi connectivity index (χ1n) is 4.66. The zero-order chi connectivity index (χ0) is 7.61. The fourth-order valence-corrected chi connectivity index (χ4v) is 1.81. The van der Waals surface area contributed by atoms with E-state index >= 15 is 0 Å². The van der Waals surface area contributed by atoms with Gasteiger partial charge in [-0.1, -0.05) is 0 Å². The van der Waals surface area contributed by atoms with Crippen LogP contribution in [0.2, 0.25) is 8.68 Å². The van der Waals surface area contributed by atoms with Crippen LogP contribution in [0, 0.1) is 0 Å². The van der Waals surface area contributed by atoms with Gasteiger partial charge in [-0.3, -0.25) is 0 Å². The number of rotatable bonds is 1. The van der Waals surface area contributed by atoms with Crippen LogP contribution >= 0.6 is 0 Å². The van der Waals surface area contributed by atoms with Gasteiger partial charge in [0.05, 0.1) is 0 Å². The Kier molecular flexibility index (Phi) is 3.47. The Morgan fingerprint density at radius 1 is 1.40 bits per heavy atom. The Labute approximate surface area is 82.9 Å². The Balaban J connectivity index is 2.38. The minimum absolute atomic E-state index is 0.701. The molecular formula is C8H14Li2. The van der Waals surface area contributed by atoms with Gasteiger partial charge in [-0.05, 0) is 0 Å². The monoisotopic (exact) mass is 124 g/mol. The summed E-state index contributed by atoms with van der Waals surface area (Å²) >= 11 is 4.83. The molecule has 1 aliphatic rings. The molecule has 1 aliphatic carbocycles. The van der Waals surface area contributed by atoms with Gasteiger partial charge >= 0.3 is 83.1 Å². The van der Waals surface area contributed by atoms with Crippen molar-refractivity contribution in [1.82, 2.24) is 0 Å². The summed E-state index contributed by atoms with van der Waals surface area (Å²) in [6.45, 7) is 2.33. The first-order valence-corrected chi connectivity index (χ1v) is 4.66. The van der Waals surface area contributed by atoms with Gasteiger partial charge in [0.15, 0.2) is 0 Å². The summed E-state index contributed by atoms with van der Waals surface area (Å²) in [6.07, 6.45) is 7.23. The van der Waals surface area contributed by atoms with Crippen molar-refractivity contribution in [2.45, 2.75) is 47.7 Å². The van der Waals surface area contributed by atoms with Crippen LogP contribution in [0.15, 0.2) is 0 Å².